The van der Waals surface area contributed by atoms with Gasteiger partial charge in [-0.25, -0.2) is 21.6 Å². The maximum Gasteiger partial charge on any atom is 0.270 e. The van der Waals surface area contributed by atoms with Crippen LogP contribution in [0.15, 0.2) is 23.1 Å². The lowest BCUT2D eigenvalue weighted by Gasteiger charge is -2.13. The predicted molar refractivity (Wildman–Crippen MR) is 84.3 cm³/mol. The molecular formula is C13H18N2O6S2. The first-order valence-electron chi connectivity index (χ1n) is 7.17. The Bertz CT molecular complexity index is 817. The van der Waals surface area contributed by atoms with Gasteiger partial charge in [0.05, 0.1) is 27.4 Å². The Labute approximate surface area is 135 Å². The molecule has 0 bridgehead atoms. The van der Waals surface area contributed by atoms with Gasteiger partial charge in [0.15, 0.2) is 9.84 Å². The number of nitro benzene ring substituents is 1. The van der Waals surface area contributed by atoms with E-state index in [1.807, 2.05) is 6.92 Å². The Morgan fingerprint density at radius 1 is 1.35 bits per heavy atom. The number of non-ortho nitro benzene ring substituents is 1. The third-order valence-corrected chi connectivity index (χ3v) is 6.91. The molecule has 0 fully saturated rings. The van der Waals surface area contributed by atoms with E-state index in [4.69, 9.17) is 0 Å². The molecule has 1 atom stereocenters. The number of nitrogens with one attached hydrogen (secondary N) is 1. The minimum Gasteiger partial charge on any atom is -0.258 e. The third-order valence-electron chi connectivity index (χ3n) is 3.64. The number of rotatable bonds is 7. The molecule has 1 aromatic rings. The quantitative estimate of drug-likeness (QED) is 0.446. The zero-order valence-electron chi connectivity index (χ0n) is 12.6. The molecule has 1 N–H and O–H groups in total. The molecule has 0 aromatic heterocycles. The molecule has 2 rings (SSSR count). The Balaban J connectivity index is 2.27. The Morgan fingerprint density at radius 2 is 2.04 bits per heavy atom. The number of fused-ring (bicyclic) bond motifs is 1. The molecule has 128 valence electrons. The molecule has 0 aliphatic carbocycles. The van der Waals surface area contributed by atoms with E-state index in [0.717, 1.165) is 18.9 Å². The van der Waals surface area contributed by atoms with Crippen molar-refractivity contribution < 1.29 is 21.8 Å². The Kier molecular flexibility index (Phi) is 5.07. The van der Waals surface area contributed by atoms with Gasteiger partial charge < -0.3 is 0 Å². The van der Waals surface area contributed by atoms with Crippen molar-refractivity contribution in [1.82, 2.24) is 4.72 Å². The standard InChI is InChI=1S/C13H18N2O6S2/c1-2-3-4-7-23(20,21)14-12-9-22(18,19)13-8-10(15(16)17)5-6-11(12)13/h5-6,8,12,14H,2-4,7,9H2,1H3. The molecule has 1 unspecified atom stereocenters. The van der Waals surface area contributed by atoms with Crippen molar-refractivity contribution in [2.75, 3.05) is 11.5 Å². The molecular weight excluding hydrogens is 344 g/mol. The van der Waals surface area contributed by atoms with Gasteiger partial charge in [0, 0.05) is 12.1 Å². The van der Waals surface area contributed by atoms with Crippen LogP contribution in [0.25, 0.3) is 0 Å². The van der Waals surface area contributed by atoms with Crippen LogP contribution in [0.3, 0.4) is 0 Å². The van der Waals surface area contributed by atoms with E-state index < -0.39 is 36.6 Å². The highest BCUT2D eigenvalue weighted by Gasteiger charge is 2.37. The molecule has 1 heterocycles. The number of nitrogens with zero attached hydrogens (tertiary/aromatic N) is 1. The van der Waals surface area contributed by atoms with E-state index in [1.165, 1.54) is 12.1 Å². The van der Waals surface area contributed by atoms with E-state index in [1.54, 1.807) is 0 Å². The van der Waals surface area contributed by atoms with Crippen molar-refractivity contribution in [1.29, 1.82) is 0 Å². The molecule has 23 heavy (non-hydrogen) atoms. The van der Waals surface area contributed by atoms with Crippen molar-refractivity contribution in [2.24, 2.45) is 0 Å². The van der Waals surface area contributed by atoms with Gasteiger partial charge in [0.25, 0.3) is 5.69 Å². The van der Waals surface area contributed by atoms with Gasteiger partial charge >= 0.3 is 0 Å². The van der Waals surface area contributed by atoms with E-state index in [9.17, 15) is 26.9 Å². The average Bonchev–Trinajstić information content (AvgIpc) is 2.69. The molecule has 10 heteroatoms. The van der Waals surface area contributed by atoms with Gasteiger partial charge in [-0.2, -0.15) is 0 Å². The van der Waals surface area contributed by atoms with Crippen LogP contribution in [-0.2, 0) is 19.9 Å². The van der Waals surface area contributed by atoms with Gasteiger partial charge in [0.1, 0.15) is 0 Å². The van der Waals surface area contributed by atoms with Gasteiger partial charge in [-0.15, -0.1) is 0 Å². The number of hydrogen-bond acceptors (Lipinski definition) is 6. The summed E-state index contributed by atoms with van der Waals surface area (Å²) in [4.78, 5) is 9.91. The summed E-state index contributed by atoms with van der Waals surface area (Å²) >= 11 is 0. The van der Waals surface area contributed by atoms with Crippen LogP contribution in [0.1, 0.15) is 37.8 Å². The topological polar surface area (TPSA) is 123 Å². The fourth-order valence-corrected chi connectivity index (χ4v) is 5.71. The lowest BCUT2D eigenvalue weighted by Crippen LogP contribution is -2.31. The zero-order valence-corrected chi connectivity index (χ0v) is 14.2. The van der Waals surface area contributed by atoms with Gasteiger partial charge in [-0.1, -0.05) is 19.8 Å². The Morgan fingerprint density at radius 3 is 2.65 bits per heavy atom. The number of sulfone groups is 1. The molecule has 8 nitrogen and oxygen atoms in total. The normalized spacial score (nSPS) is 19.4. The smallest absolute Gasteiger partial charge is 0.258 e. The van der Waals surface area contributed by atoms with Crippen LogP contribution in [0, 0.1) is 10.1 Å². The number of sulfonamides is 1. The summed E-state index contributed by atoms with van der Waals surface area (Å²) in [6, 6.07) is 2.56. The summed E-state index contributed by atoms with van der Waals surface area (Å²) in [6.07, 6.45) is 2.14. The second-order valence-electron chi connectivity index (χ2n) is 5.46. The molecule has 1 aromatic carbocycles. The van der Waals surface area contributed by atoms with Crippen molar-refractivity contribution in [3.05, 3.63) is 33.9 Å². The van der Waals surface area contributed by atoms with E-state index in [2.05, 4.69) is 4.72 Å². The second kappa shape index (κ2) is 6.54. The van der Waals surface area contributed by atoms with Gasteiger partial charge in [-0.3, -0.25) is 10.1 Å². The van der Waals surface area contributed by atoms with E-state index >= 15 is 0 Å². The van der Waals surface area contributed by atoms with Crippen molar-refractivity contribution in [2.45, 2.75) is 37.1 Å². The molecule has 0 amide bonds. The van der Waals surface area contributed by atoms with Crippen molar-refractivity contribution >= 4 is 25.5 Å². The molecule has 0 saturated carbocycles. The number of unbranched alkanes of at least 4 members (excludes halogenated alkanes) is 2. The maximum atomic E-state index is 12.1. The third kappa shape index (κ3) is 4.06. The van der Waals surface area contributed by atoms with Gasteiger partial charge in [0.2, 0.25) is 10.0 Å². The summed E-state index contributed by atoms with van der Waals surface area (Å²) in [7, 11) is -7.34. The van der Waals surface area contributed by atoms with Crippen LogP contribution in [0.5, 0.6) is 0 Å². The average molecular weight is 362 g/mol. The van der Waals surface area contributed by atoms with Crippen molar-refractivity contribution in [3.63, 3.8) is 0 Å². The molecule has 1 aliphatic heterocycles. The first kappa shape index (κ1) is 17.8. The summed E-state index contributed by atoms with van der Waals surface area (Å²) < 4.78 is 50.7. The largest absolute Gasteiger partial charge is 0.270 e. The van der Waals surface area contributed by atoms with Crippen LogP contribution < -0.4 is 4.72 Å². The zero-order chi connectivity index (χ0) is 17.3. The number of nitro groups is 1. The van der Waals surface area contributed by atoms with E-state index in [-0.39, 0.29) is 21.9 Å². The highest BCUT2D eigenvalue weighted by atomic mass is 32.2. The fraction of sp³-hybridized carbons (Fsp3) is 0.538. The lowest BCUT2D eigenvalue weighted by atomic mass is 10.1. The highest BCUT2D eigenvalue weighted by Crippen LogP contribution is 2.36. The first-order valence-corrected chi connectivity index (χ1v) is 10.5. The maximum absolute atomic E-state index is 12.1. The summed E-state index contributed by atoms with van der Waals surface area (Å²) in [6.45, 7) is 1.95. The van der Waals surface area contributed by atoms with Gasteiger partial charge in [-0.05, 0) is 18.1 Å². The molecule has 1 aliphatic rings. The van der Waals surface area contributed by atoms with Crippen LogP contribution >= 0.6 is 0 Å². The van der Waals surface area contributed by atoms with Crippen molar-refractivity contribution in [3.8, 4) is 0 Å². The number of benzene rings is 1. The predicted octanol–water partition coefficient (Wildman–Crippen LogP) is 1.53. The second-order valence-corrected chi connectivity index (χ2v) is 9.33. The minimum absolute atomic E-state index is 0.0697. The minimum atomic E-state index is -3.74. The Hall–Kier alpha value is -1.52. The molecule has 0 spiro atoms. The lowest BCUT2D eigenvalue weighted by molar-refractivity contribution is -0.385. The highest BCUT2D eigenvalue weighted by molar-refractivity contribution is 7.92. The van der Waals surface area contributed by atoms with Crippen LogP contribution in [-0.4, -0.2) is 33.3 Å². The monoisotopic (exact) mass is 362 g/mol. The summed E-state index contributed by atoms with van der Waals surface area (Å²) in [5.41, 5.74) is -0.0755. The molecule has 0 saturated heterocycles. The summed E-state index contributed by atoms with van der Waals surface area (Å²) in [5, 5.41) is 10.8. The number of hydrogen-bond donors (Lipinski definition) is 1. The van der Waals surface area contributed by atoms with Crippen LogP contribution in [0.2, 0.25) is 0 Å². The SMILES string of the molecule is CCCCCS(=O)(=O)NC1CS(=O)(=O)c2cc([N+](=O)[O-])ccc21. The van der Waals surface area contributed by atoms with Crippen LogP contribution in [0.4, 0.5) is 5.69 Å². The molecule has 0 radical (unpaired) electrons. The first-order chi connectivity index (χ1) is 10.7. The fourth-order valence-electron chi connectivity index (χ4n) is 2.51. The summed E-state index contributed by atoms with van der Waals surface area (Å²) in [5.74, 6) is -0.490. The van der Waals surface area contributed by atoms with E-state index in [0.29, 0.717) is 6.42 Å².